The molecule has 0 unspecified atom stereocenters. The SMILES string of the molecule is CCCCOc1nc(N)c2[nH]c(=O)n(CCCCNCc3cccc(CC(=O)OC)c3)c2n1. The van der Waals surface area contributed by atoms with E-state index in [1.54, 1.807) is 4.57 Å². The predicted octanol–water partition coefficient (Wildman–Crippen LogP) is 2.17. The number of ether oxygens (including phenoxy) is 2. The molecule has 0 spiro atoms. The minimum Gasteiger partial charge on any atom is -0.469 e. The minimum atomic E-state index is -0.257. The molecule has 10 heteroatoms. The summed E-state index contributed by atoms with van der Waals surface area (Å²) in [5, 5.41) is 3.40. The van der Waals surface area contributed by atoms with Gasteiger partial charge in [0.25, 0.3) is 0 Å². The van der Waals surface area contributed by atoms with Crippen LogP contribution in [0, 0.1) is 0 Å². The van der Waals surface area contributed by atoms with Crippen LogP contribution >= 0.6 is 0 Å². The zero-order valence-corrected chi connectivity index (χ0v) is 19.2. The van der Waals surface area contributed by atoms with Crippen molar-refractivity contribution in [3.05, 3.63) is 45.9 Å². The molecule has 0 bridgehead atoms. The Morgan fingerprint density at radius 1 is 1.21 bits per heavy atom. The highest BCUT2D eigenvalue weighted by Crippen LogP contribution is 2.18. The van der Waals surface area contributed by atoms with Crippen LogP contribution in [0.3, 0.4) is 0 Å². The first-order valence-corrected chi connectivity index (χ1v) is 11.3. The van der Waals surface area contributed by atoms with Crippen LogP contribution in [0.2, 0.25) is 0 Å². The number of aromatic amines is 1. The zero-order chi connectivity index (χ0) is 23.6. The second-order valence-electron chi connectivity index (χ2n) is 7.83. The average molecular weight is 457 g/mol. The molecule has 0 aliphatic heterocycles. The van der Waals surface area contributed by atoms with Crippen LogP contribution < -0.4 is 21.5 Å². The zero-order valence-electron chi connectivity index (χ0n) is 19.2. The standard InChI is InChI=1S/C23H32N6O4/c1-3-4-12-33-22-27-20(24)19-21(28-22)29(23(31)26-19)11-6-5-10-25-15-17-9-7-8-16(13-17)14-18(30)32-2/h7-9,13,25H,3-6,10-12,14-15H2,1-2H3,(H,26,31)(H2,24,27,28). The van der Waals surface area contributed by atoms with Gasteiger partial charge in [-0.25, -0.2) is 4.79 Å². The van der Waals surface area contributed by atoms with Gasteiger partial charge in [0, 0.05) is 13.1 Å². The molecule has 0 saturated carbocycles. The summed E-state index contributed by atoms with van der Waals surface area (Å²) in [6.07, 6.45) is 3.83. The van der Waals surface area contributed by atoms with Gasteiger partial charge in [-0.15, -0.1) is 0 Å². The molecule has 0 atom stereocenters. The number of anilines is 1. The maximum absolute atomic E-state index is 12.4. The second-order valence-corrected chi connectivity index (χ2v) is 7.83. The summed E-state index contributed by atoms with van der Waals surface area (Å²) in [5.41, 5.74) is 8.67. The van der Waals surface area contributed by atoms with Crippen molar-refractivity contribution in [3.63, 3.8) is 0 Å². The number of nitrogens with one attached hydrogen (secondary N) is 2. The van der Waals surface area contributed by atoms with Crippen LogP contribution in [0.1, 0.15) is 43.7 Å². The van der Waals surface area contributed by atoms with Crippen molar-refractivity contribution < 1.29 is 14.3 Å². The number of methoxy groups -OCH3 is 1. The number of unbranched alkanes of at least 4 members (excludes halogenated alkanes) is 2. The fourth-order valence-electron chi connectivity index (χ4n) is 3.45. The van der Waals surface area contributed by atoms with E-state index in [4.69, 9.17) is 15.2 Å². The topological polar surface area (TPSA) is 137 Å². The van der Waals surface area contributed by atoms with Crippen molar-refractivity contribution in [2.75, 3.05) is 26.0 Å². The Balaban J connectivity index is 1.50. The fourth-order valence-corrected chi connectivity index (χ4v) is 3.45. The summed E-state index contributed by atoms with van der Waals surface area (Å²) in [4.78, 5) is 35.1. The van der Waals surface area contributed by atoms with E-state index in [1.165, 1.54) is 7.11 Å². The monoisotopic (exact) mass is 456 g/mol. The number of nitrogens with two attached hydrogens (primary N) is 1. The molecule has 0 fully saturated rings. The molecule has 178 valence electrons. The van der Waals surface area contributed by atoms with Gasteiger partial charge in [-0.1, -0.05) is 37.6 Å². The first kappa shape index (κ1) is 24.2. The molecule has 4 N–H and O–H groups in total. The Morgan fingerprint density at radius 2 is 2.03 bits per heavy atom. The normalized spacial score (nSPS) is 11.1. The molecule has 1 aromatic carbocycles. The van der Waals surface area contributed by atoms with E-state index in [-0.39, 0.29) is 29.9 Å². The van der Waals surface area contributed by atoms with E-state index in [1.807, 2.05) is 24.3 Å². The number of H-pyrrole nitrogens is 1. The number of esters is 1. The summed E-state index contributed by atoms with van der Waals surface area (Å²) >= 11 is 0. The number of aryl methyl sites for hydroxylation is 1. The number of hydrogen-bond donors (Lipinski definition) is 3. The largest absolute Gasteiger partial charge is 0.469 e. The van der Waals surface area contributed by atoms with Crippen LogP contribution in [-0.4, -0.2) is 45.7 Å². The molecule has 0 aliphatic rings. The Hall–Kier alpha value is -3.40. The van der Waals surface area contributed by atoms with Crippen molar-refractivity contribution in [1.82, 2.24) is 24.8 Å². The van der Waals surface area contributed by atoms with E-state index in [2.05, 4.69) is 27.2 Å². The summed E-state index contributed by atoms with van der Waals surface area (Å²) in [6.45, 7) is 4.58. The number of imidazole rings is 1. The van der Waals surface area contributed by atoms with Crippen LogP contribution in [-0.2, 0) is 29.0 Å². The number of carbonyl (C=O) groups is 1. The lowest BCUT2D eigenvalue weighted by molar-refractivity contribution is -0.139. The van der Waals surface area contributed by atoms with Gasteiger partial charge in [-0.2, -0.15) is 9.97 Å². The number of nitrogen functional groups attached to an aromatic ring is 1. The number of hydrogen-bond acceptors (Lipinski definition) is 8. The summed E-state index contributed by atoms with van der Waals surface area (Å²) in [5.74, 6) is -0.0438. The van der Waals surface area contributed by atoms with Crippen molar-refractivity contribution >= 4 is 23.0 Å². The fraction of sp³-hybridized carbons (Fsp3) is 0.478. The van der Waals surface area contributed by atoms with Gasteiger partial charge in [0.05, 0.1) is 20.1 Å². The number of benzene rings is 1. The third kappa shape index (κ3) is 6.79. The average Bonchev–Trinajstić information content (AvgIpc) is 3.12. The molecule has 2 aromatic heterocycles. The predicted molar refractivity (Wildman–Crippen MR) is 126 cm³/mol. The van der Waals surface area contributed by atoms with Gasteiger partial charge in [-0.3, -0.25) is 9.36 Å². The Bertz CT molecular complexity index is 1120. The molecular formula is C23H32N6O4. The first-order chi connectivity index (χ1) is 16.0. The Kier molecular flexibility index (Phi) is 8.82. The van der Waals surface area contributed by atoms with Gasteiger partial charge in [0.15, 0.2) is 11.5 Å². The van der Waals surface area contributed by atoms with E-state index >= 15 is 0 Å². The van der Waals surface area contributed by atoms with E-state index in [0.29, 0.717) is 30.9 Å². The van der Waals surface area contributed by atoms with Crippen molar-refractivity contribution in [3.8, 4) is 6.01 Å². The number of aromatic nitrogens is 4. The Morgan fingerprint density at radius 3 is 2.82 bits per heavy atom. The molecule has 3 rings (SSSR count). The number of rotatable bonds is 13. The van der Waals surface area contributed by atoms with Crippen LogP contribution in [0.25, 0.3) is 11.2 Å². The molecule has 3 aromatic rings. The third-order valence-corrected chi connectivity index (χ3v) is 5.24. The highest BCUT2D eigenvalue weighted by molar-refractivity contribution is 5.81. The number of nitrogens with zero attached hydrogens (tertiary/aromatic N) is 3. The number of carbonyl (C=O) groups excluding carboxylic acids is 1. The molecule has 33 heavy (non-hydrogen) atoms. The quantitative estimate of drug-likeness (QED) is 0.263. The molecule has 0 amide bonds. The molecule has 10 nitrogen and oxygen atoms in total. The lowest BCUT2D eigenvalue weighted by atomic mass is 10.1. The summed E-state index contributed by atoms with van der Waals surface area (Å²) in [7, 11) is 1.39. The lowest BCUT2D eigenvalue weighted by Gasteiger charge is -2.08. The third-order valence-electron chi connectivity index (χ3n) is 5.24. The highest BCUT2D eigenvalue weighted by Gasteiger charge is 2.14. The van der Waals surface area contributed by atoms with E-state index in [0.717, 1.165) is 43.4 Å². The van der Waals surface area contributed by atoms with Crippen LogP contribution in [0.4, 0.5) is 5.82 Å². The van der Waals surface area contributed by atoms with Gasteiger partial charge in [0.2, 0.25) is 0 Å². The van der Waals surface area contributed by atoms with E-state index < -0.39 is 0 Å². The Labute approximate surface area is 192 Å². The maximum atomic E-state index is 12.4. The summed E-state index contributed by atoms with van der Waals surface area (Å²) in [6, 6.07) is 8.06. The highest BCUT2D eigenvalue weighted by atomic mass is 16.5. The van der Waals surface area contributed by atoms with Gasteiger partial charge < -0.3 is 25.5 Å². The van der Waals surface area contributed by atoms with E-state index in [9.17, 15) is 9.59 Å². The molecule has 0 radical (unpaired) electrons. The molecule has 0 aliphatic carbocycles. The van der Waals surface area contributed by atoms with Gasteiger partial charge in [-0.05, 0) is 36.9 Å². The molecular weight excluding hydrogens is 424 g/mol. The molecule has 2 heterocycles. The van der Waals surface area contributed by atoms with Crippen molar-refractivity contribution in [1.29, 1.82) is 0 Å². The minimum absolute atomic E-state index is 0.192. The number of fused-ring (bicyclic) bond motifs is 1. The first-order valence-electron chi connectivity index (χ1n) is 11.3. The smallest absolute Gasteiger partial charge is 0.327 e. The second kappa shape index (κ2) is 12.0. The van der Waals surface area contributed by atoms with Gasteiger partial charge in [0.1, 0.15) is 5.52 Å². The van der Waals surface area contributed by atoms with Gasteiger partial charge >= 0.3 is 17.7 Å². The summed E-state index contributed by atoms with van der Waals surface area (Å²) < 4.78 is 11.9. The lowest BCUT2D eigenvalue weighted by Crippen LogP contribution is -2.19. The molecule has 0 saturated heterocycles. The van der Waals surface area contributed by atoms with Crippen LogP contribution in [0.5, 0.6) is 6.01 Å². The maximum Gasteiger partial charge on any atom is 0.327 e. The van der Waals surface area contributed by atoms with Crippen molar-refractivity contribution in [2.24, 2.45) is 0 Å². The van der Waals surface area contributed by atoms with Crippen molar-refractivity contribution in [2.45, 2.75) is 52.1 Å². The van der Waals surface area contributed by atoms with Crippen LogP contribution in [0.15, 0.2) is 29.1 Å².